The molecule has 0 atom stereocenters. The van der Waals surface area contributed by atoms with Gasteiger partial charge in [-0.2, -0.15) is 5.26 Å². The summed E-state index contributed by atoms with van der Waals surface area (Å²) in [4.78, 5) is 12.1. The first-order valence-corrected chi connectivity index (χ1v) is 9.84. The molecule has 1 amide bonds. The minimum Gasteiger partial charge on any atom is -0.444 e. The van der Waals surface area contributed by atoms with E-state index < -0.39 is 30.0 Å². The van der Waals surface area contributed by atoms with Crippen molar-refractivity contribution in [3.8, 4) is 6.07 Å². The lowest BCUT2D eigenvalue weighted by Crippen LogP contribution is -2.41. The van der Waals surface area contributed by atoms with Crippen LogP contribution in [0.1, 0.15) is 59.6 Å². The molecule has 0 aromatic heterocycles. The molecule has 1 heterocycles. The maximum Gasteiger partial charge on any atom is 0.492 e. The SMILES string of the molecule is CC(C)(C)OC(=O)NCC(=Cc1ccc(C#N)cc1Cl)B1OC(C)(C)C(C)(C)O1. The summed E-state index contributed by atoms with van der Waals surface area (Å²) in [5, 5.41) is 12.2. The van der Waals surface area contributed by atoms with Crippen molar-refractivity contribution in [2.75, 3.05) is 6.54 Å². The van der Waals surface area contributed by atoms with E-state index >= 15 is 0 Å². The quantitative estimate of drug-likeness (QED) is 0.714. The van der Waals surface area contributed by atoms with Gasteiger partial charge in [-0.15, -0.1) is 0 Å². The number of hydrogen-bond acceptors (Lipinski definition) is 5. The van der Waals surface area contributed by atoms with Crippen molar-refractivity contribution in [2.24, 2.45) is 0 Å². The normalized spacial score (nSPS) is 18.3. The monoisotopic (exact) mass is 418 g/mol. The number of rotatable bonds is 4. The molecule has 0 saturated carbocycles. The molecule has 1 saturated heterocycles. The second-order valence-electron chi connectivity index (χ2n) is 9.01. The van der Waals surface area contributed by atoms with Gasteiger partial charge in [-0.3, -0.25) is 0 Å². The molecule has 29 heavy (non-hydrogen) atoms. The number of nitrogens with zero attached hydrogens (tertiary/aromatic N) is 1. The Morgan fingerprint density at radius 1 is 1.28 bits per heavy atom. The third-order valence-corrected chi connectivity index (χ3v) is 5.19. The van der Waals surface area contributed by atoms with E-state index in [1.807, 2.05) is 33.8 Å². The third kappa shape index (κ3) is 5.99. The zero-order valence-electron chi connectivity index (χ0n) is 18.1. The number of halogens is 1. The largest absolute Gasteiger partial charge is 0.492 e. The van der Waals surface area contributed by atoms with Gasteiger partial charge in [0.2, 0.25) is 0 Å². The van der Waals surface area contributed by atoms with E-state index in [0.29, 0.717) is 21.6 Å². The summed E-state index contributed by atoms with van der Waals surface area (Å²) in [5.41, 5.74) is 0.182. The van der Waals surface area contributed by atoms with Crippen LogP contribution in [0, 0.1) is 11.3 Å². The number of nitrogens with one attached hydrogen (secondary N) is 1. The molecule has 1 aliphatic rings. The van der Waals surface area contributed by atoms with Crippen LogP contribution < -0.4 is 5.32 Å². The van der Waals surface area contributed by atoms with Crippen molar-refractivity contribution in [2.45, 2.75) is 65.3 Å². The van der Waals surface area contributed by atoms with E-state index in [9.17, 15) is 4.79 Å². The van der Waals surface area contributed by atoms with Crippen LogP contribution in [0.15, 0.2) is 23.7 Å². The van der Waals surface area contributed by atoms with E-state index in [4.69, 9.17) is 30.9 Å². The smallest absolute Gasteiger partial charge is 0.444 e. The lowest BCUT2D eigenvalue weighted by molar-refractivity contribution is 0.00578. The van der Waals surface area contributed by atoms with E-state index in [-0.39, 0.29) is 6.54 Å². The van der Waals surface area contributed by atoms with Gasteiger partial charge >= 0.3 is 13.2 Å². The highest BCUT2D eigenvalue weighted by Gasteiger charge is 2.52. The fraction of sp³-hybridized carbons (Fsp3) is 0.524. The van der Waals surface area contributed by atoms with Crippen LogP contribution in [0.25, 0.3) is 6.08 Å². The molecule has 2 rings (SSSR count). The van der Waals surface area contributed by atoms with Crippen molar-refractivity contribution < 1.29 is 18.8 Å². The van der Waals surface area contributed by atoms with Crippen molar-refractivity contribution in [1.82, 2.24) is 5.32 Å². The van der Waals surface area contributed by atoms with Gasteiger partial charge in [-0.05, 0) is 71.6 Å². The van der Waals surface area contributed by atoms with Gasteiger partial charge in [0.05, 0.1) is 22.8 Å². The third-order valence-electron chi connectivity index (χ3n) is 4.86. The predicted molar refractivity (Wildman–Crippen MR) is 114 cm³/mol. The van der Waals surface area contributed by atoms with Gasteiger partial charge < -0.3 is 19.4 Å². The minimum atomic E-state index is -0.665. The molecule has 0 unspecified atom stereocenters. The second-order valence-corrected chi connectivity index (χ2v) is 9.42. The Balaban J connectivity index is 2.31. The highest BCUT2D eigenvalue weighted by atomic mass is 35.5. The van der Waals surface area contributed by atoms with Crippen molar-refractivity contribution in [1.29, 1.82) is 5.26 Å². The number of carbonyl (C=O) groups is 1. The number of hydrogen-bond donors (Lipinski definition) is 1. The Hall–Kier alpha value is -2.01. The maximum absolute atomic E-state index is 12.1. The van der Waals surface area contributed by atoms with Crippen molar-refractivity contribution >= 4 is 30.9 Å². The first-order chi connectivity index (χ1) is 13.2. The number of amides is 1. The summed E-state index contributed by atoms with van der Waals surface area (Å²) in [5.74, 6) is 0. The average Bonchev–Trinajstić information content (AvgIpc) is 2.78. The van der Waals surface area contributed by atoms with Crippen LogP contribution in [0.5, 0.6) is 0 Å². The second kappa shape index (κ2) is 8.39. The molecule has 156 valence electrons. The first-order valence-electron chi connectivity index (χ1n) is 9.47. The van der Waals surface area contributed by atoms with E-state index in [1.165, 1.54) is 0 Å². The Labute approximate surface area is 178 Å². The fourth-order valence-electron chi connectivity index (χ4n) is 2.60. The summed E-state index contributed by atoms with van der Waals surface area (Å²) in [6, 6.07) is 7.08. The van der Waals surface area contributed by atoms with Crippen LogP contribution in [-0.4, -0.2) is 36.6 Å². The van der Waals surface area contributed by atoms with Gasteiger partial charge in [-0.1, -0.05) is 23.7 Å². The molecule has 0 spiro atoms. The number of carbonyl (C=O) groups excluding carboxylic acids is 1. The molecular formula is C21H28BClN2O4. The van der Waals surface area contributed by atoms with Gasteiger partial charge in [0.1, 0.15) is 5.60 Å². The summed E-state index contributed by atoms with van der Waals surface area (Å²) < 4.78 is 17.6. The topological polar surface area (TPSA) is 80.6 Å². The predicted octanol–water partition coefficient (Wildman–Crippen LogP) is 4.75. The van der Waals surface area contributed by atoms with E-state index in [1.54, 1.807) is 39.0 Å². The molecule has 0 aliphatic carbocycles. The van der Waals surface area contributed by atoms with Crippen molar-refractivity contribution in [3.05, 3.63) is 39.8 Å². The molecular weight excluding hydrogens is 391 g/mol. The van der Waals surface area contributed by atoms with Crippen LogP contribution >= 0.6 is 11.6 Å². The number of nitriles is 1. The summed E-state index contributed by atoms with van der Waals surface area (Å²) in [6.07, 6.45) is 1.27. The molecule has 1 N–H and O–H groups in total. The minimum absolute atomic E-state index is 0.155. The zero-order valence-corrected chi connectivity index (χ0v) is 18.8. The highest BCUT2D eigenvalue weighted by Crippen LogP contribution is 2.39. The molecule has 1 aromatic carbocycles. The summed E-state index contributed by atoms with van der Waals surface area (Å²) in [7, 11) is -0.665. The summed E-state index contributed by atoms with van der Waals surface area (Å²) >= 11 is 6.33. The standard InChI is InChI=1S/C21H28BClN2O4/c1-19(2,3)27-18(26)25-13-16(22-28-20(4,5)21(6,7)29-22)11-15-9-8-14(12-24)10-17(15)23/h8-11H,13H2,1-7H3,(H,25,26). The molecule has 1 fully saturated rings. The van der Waals surface area contributed by atoms with Crippen LogP contribution in [0.2, 0.25) is 5.02 Å². The van der Waals surface area contributed by atoms with Crippen molar-refractivity contribution in [3.63, 3.8) is 0 Å². The fourth-order valence-corrected chi connectivity index (χ4v) is 2.83. The number of ether oxygens (including phenoxy) is 1. The Morgan fingerprint density at radius 2 is 1.86 bits per heavy atom. The van der Waals surface area contributed by atoms with Crippen LogP contribution in [0.4, 0.5) is 4.79 Å². The van der Waals surface area contributed by atoms with Gasteiger partial charge in [0.25, 0.3) is 0 Å². The maximum atomic E-state index is 12.1. The van der Waals surface area contributed by atoms with Crippen LogP contribution in [-0.2, 0) is 14.0 Å². The number of benzene rings is 1. The van der Waals surface area contributed by atoms with Gasteiger partial charge in [-0.25, -0.2) is 4.79 Å². The van der Waals surface area contributed by atoms with Gasteiger partial charge in [0.15, 0.2) is 0 Å². The zero-order chi connectivity index (χ0) is 22.0. The average molecular weight is 419 g/mol. The summed E-state index contributed by atoms with van der Waals surface area (Å²) in [6.45, 7) is 13.4. The number of alkyl carbamates (subject to hydrolysis) is 1. The van der Waals surface area contributed by atoms with Gasteiger partial charge in [0, 0.05) is 11.6 Å². The molecule has 6 nitrogen and oxygen atoms in total. The first kappa shape index (κ1) is 23.3. The Morgan fingerprint density at radius 3 is 2.34 bits per heavy atom. The van der Waals surface area contributed by atoms with Crippen LogP contribution in [0.3, 0.4) is 0 Å². The lowest BCUT2D eigenvalue weighted by atomic mass is 9.77. The molecule has 0 radical (unpaired) electrons. The Bertz CT molecular complexity index is 837. The molecule has 0 bridgehead atoms. The molecule has 1 aromatic rings. The lowest BCUT2D eigenvalue weighted by Gasteiger charge is -2.32. The molecule has 1 aliphatic heterocycles. The van der Waals surface area contributed by atoms with E-state index in [0.717, 1.165) is 0 Å². The Kier molecular flexibility index (Phi) is 6.73. The molecule has 8 heteroatoms. The highest BCUT2D eigenvalue weighted by molar-refractivity contribution is 6.56. The van der Waals surface area contributed by atoms with E-state index in [2.05, 4.69) is 11.4 Å².